The Morgan fingerprint density at radius 3 is 2.72 bits per heavy atom. The topological polar surface area (TPSA) is 56.8 Å². The highest BCUT2D eigenvalue weighted by atomic mass is 79.9. The van der Waals surface area contributed by atoms with E-state index in [0.29, 0.717) is 34.6 Å². The van der Waals surface area contributed by atoms with Crippen LogP contribution in [0.5, 0.6) is 11.5 Å². The van der Waals surface area contributed by atoms with Gasteiger partial charge in [-0.2, -0.15) is 0 Å². The summed E-state index contributed by atoms with van der Waals surface area (Å²) in [5, 5.41) is 4.42. The van der Waals surface area contributed by atoms with Crippen LogP contribution < -0.4 is 14.8 Å². The molecule has 7 heteroatoms. The van der Waals surface area contributed by atoms with Crippen LogP contribution in [0.25, 0.3) is 0 Å². The molecule has 0 spiro atoms. The van der Waals surface area contributed by atoms with Gasteiger partial charge in [0.15, 0.2) is 11.5 Å². The fourth-order valence-electron chi connectivity index (χ4n) is 5.30. The average Bonchev–Trinajstić information content (AvgIpc) is 3.38. The van der Waals surface area contributed by atoms with E-state index in [9.17, 15) is 4.79 Å². The van der Waals surface area contributed by atoms with Crippen LogP contribution in [-0.4, -0.2) is 20.2 Å². The Bertz CT molecular complexity index is 1360. The molecule has 0 saturated heterocycles. The molecule has 0 saturated carbocycles. The molecule has 3 atom stereocenters. The van der Waals surface area contributed by atoms with Gasteiger partial charge < -0.3 is 19.5 Å². The lowest BCUT2D eigenvalue weighted by Gasteiger charge is -2.39. The zero-order valence-electron chi connectivity index (χ0n) is 20.3. The second-order valence-electron chi connectivity index (χ2n) is 9.08. The molecule has 1 aliphatic heterocycles. The quantitative estimate of drug-likeness (QED) is 0.245. The van der Waals surface area contributed by atoms with Gasteiger partial charge in [0.25, 0.3) is 0 Å². The van der Waals surface area contributed by atoms with E-state index in [0.717, 1.165) is 33.3 Å². The molecule has 0 amide bonds. The Hall–Kier alpha value is -2.96. The number of methoxy groups -OCH3 is 2. The van der Waals surface area contributed by atoms with Crippen LogP contribution in [0.2, 0.25) is 5.02 Å². The highest BCUT2D eigenvalue weighted by Crippen LogP contribution is 2.52. The highest BCUT2D eigenvalue weighted by Gasteiger charge is 2.39. The molecule has 2 aliphatic rings. The number of ether oxygens (including phenoxy) is 3. The van der Waals surface area contributed by atoms with Gasteiger partial charge in [-0.1, -0.05) is 48.0 Å². The van der Waals surface area contributed by atoms with Crippen LogP contribution in [0.15, 0.2) is 65.2 Å². The summed E-state index contributed by atoms with van der Waals surface area (Å²) in [5.41, 5.74) is 5.65. The Labute approximate surface area is 224 Å². The predicted octanol–water partition coefficient (Wildman–Crippen LogP) is 7.61. The number of benzene rings is 3. The van der Waals surface area contributed by atoms with Gasteiger partial charge >= 0.3 is 5.97 Å². The summed E-state index contributed by atoms with van der Waals surface area (Å²) in [5.74, 6) is 1.54. The molecule has 3 aromatic carbocycles. The van der Waals surface area contributed by atoms with Crippen LogP contribution >= 0.6 is 27.5 Å². The third-order valence-corrected chi connectivity index (χ3v) is 8.10. The average molecular weight is 569 g/mol. The van der Waals surface area contributed by atoms with E-state index in [2.05, 4.69) is 39.5 Å². The predicted molar refractivity (Wildman–Crippen MR) is 145 cm³/mol. The van der Waals surface area contributed by atoms with Crippen molar-refractivity contribution in [2.45, 2.75) is 31.9 Å². The fourth-order valence-corrected chi connectivity index (χ4v) is 6.06. The lowest BCUT2D eigenvalue weighted by Crippen LogP contribution is -2.30. The van der Waals surface area contributed by atoms with Crippen molar-refractivity contribution in [1.82, 2.24) is 0 Å². The Balaban J connectivity index is 1.50. The number of esters is 1. The summed E-state index contributed by atoms with van der Waals surface area (Å²) in [4.78, 5) is 12.3. The van der Waals surface area contributed by atoms with Crippen molar-refractivity contribution in [2.75, 3.05) is 19.5 Å². The van der Waals surface area contributed by atoms with Crippen LogP contribution in [0.3, 0.4) is 0 Å². The summed E-state index contributed by atoms with van der Waals surface area (Å²) in [6.07, 6.45) is 5.49. The molecule has 1 heterocycles. The molecule has 186 valence electrons. The van der Waals surface area contributed by atoms with Gasteiger partial charge in [0.1, 0.15) is 6.61 Å². The number of carbonyl (C=O) groups is 1. The van der Waals surface area contributed by atoms with Crippen molar-refractivity contribution in [3.8, 4) is 11.5 Å². The van der Waals surface area contributed by atoms with E-state index in [1.165, 1.54) is 12.7 Å². The number of rotatable bonds is 6. The maximum Gasteiger partial charge on any atom is 0.338 e. The van der Waals surface area contributed by atoms with Gasteiger partial charge in [-0.3, -0.25) is 0 Å². The van der Waals surface area contributed by atoms with Crippen LogP contribution in [0, 0.1) is 12.8 Å². The van der Waals surface area contributed by atoms with Gasteiger partial charge in [0, 0.05) is 22.2 Å². The fraction of sp³-hybridized carbons (Fsp3) is 0.276. The van der Waals surface area contributed by atoms with Crippen molar-refractivity contribution in [3.63, 3.8) is 0 Å². The number of nitrogens with one attached hydrogen (secondary N) is 1. The maximum absolute atomic E-state index is 12.3. The van der Waals surface area contributed by atoms with E-state index in [-0.39, 0.29) is 17.9 Å². The second-order valence-corrected chi connectivity index (χ2v) is 10.3. The first-order valence-electron chi connectivity index (χ1n) is 11.8. The largest absolute Gasteiger partial charge is 0.493 e. The van der Waals surface area contributed by atoms with E-state index in [1.54, 1.807) is 7.11 Å². The molecule has 1 N–H and O–H groups in total. The van der Waals surface area contributed by atoms with Crippen LogP contribution in [-0.2, 0) is 11.3 Å². The zero-order valence-corrected chi connectivity index (χ0v) is 22.7. The van der Waals surface area contributed by atoms with Gasteiger partial charge in [-0.05, 0) is 76.1 Å². The third kappa shape index (κ3) is 4.37. The first-order chi connectivity index (χ1) is 17.4. The number of carbonyl (C=O) groups excluding carboxylic acids is 1. The maximum atomic E-state index is 12.3. The molecule has 0 radical (unpaired) electrons. The number of hydrogen-bond donors (Lipinski definition) is 1. The second kappa shape index (κ2) is 10.2. The van der Waals surface area contributed by atoms with Crippen LogP contribution in [0.1, 0.15) is 51.0 Å². The van der Waals surface area contributed by atoms with Gasteiger partial charge in [0.05, 0.1) is 30.3 Å². The minimum atomic E-state index is -0.331. The van der Waals surface area contributed by atoms with E-state index in [1.807, 2.05) is 49.4 Å². The number of hydrogen-bond acceptors (Lipinski definition) is 5. The van der Waals surface area contributed by atoms with Gasteiger partial charge in [-0.15, -0.1) is 0 Å². The molecule has 5 rings (SSSR count). The summed E-state index contributed by atoms with van der Waals surface area (Å²) in [6, 6.07) is 15.7. The lowest BCUT2D eigenvalue weighted by atomic mass is 9.76. The summed E-state index contributed by atoms with van der Waals surface area (Å²) in [6.45, 7) is 2.30. The highest BCUT2D eigenvalue weighted by molar-refractivity contribution is 9.10. The normalized spacial score (nSPS) is 19.8. The molecule has 0 aromatic heterocycles. The molecule has 3 aromatic rings. The lowest BCUT2D eigenvalue weighted by molar-refractivity contribution is 0.0600. The Morgan fingerprint density at radius 1 is 1.17 bits per heavy atom. The Morgan fingerprint density at radius 2 is 1.97 bits per heavy atom. The monoisotopic (exact) mass is 567 g/mol. The molecular formula is C29H27BrClNO4. The molecule has 0 bridgehead atoms. The van der Waals surface area contributed by atoms with Crippen molar-refractivity contribution in [1.29, 1.82) is 0 Å². The summed E-state index contributed by atoms with van der Waals surface area (Å²) < 4.78 is 17.7. The molecule has 0 fully saturated rings. The van der Waals surface area contributed by atoms with Gasteiger partial charge in [0.2, 0.25) is 0 Å². The third-order valence-electron chi connectivity index (χ3n) is 7.14. The van der Waals surface area contributed by atoms with Crippen LogP contribution in [0.4, 0.5) is 5.69 Å². The van der Waals surface area contributed by atoms with Gasteiger partial charge in [-0.25, -0.2) is 4.79 Å². The standard InChI is InChI=1S/C29H27BrClNO4/c1-16-19(29(33)35-3)11-12-22-20-8-6-9-21(20)27(32-26(16)22)18-13-23(30)28(25(14-18)34-2)36-15-17-7-4-5-10-24(17)31/h4-8,10-14,20-21,27,32H,9,15H2,1-3H3/t20-,21-,27-/m1/s1. The molecule has 1 aliphatic carbocycles. The van der Waals surface area contributed by atoms with Crippen molar-refractivity contribution in [2.24, 2.45) is 5.92 Å². The molecular weight excluding hydrogens is 542 g/mol. The molecule has 0 unspecified atom stereocenters. The van der Waals surface area contributed by atoms with E-state index < -0.39 is 0 Å². The smallest absolute Gasteiger partial charge is 0.338 e. The summed E-state index contributed by atoms with van der Waals surface area (Å²) >= 11 is 10.0. The Kier molecular flexibility index (Phi) is 7.00. The van der Waals surface area contributed by atoms with Crippen molar-refractivity contribution in [3.05, 3.63) is 98.0 Å². The number of halogens is 2. The molecule has 36 heavy (non-hydrogen) atoms. The minimum Gasteiger partial charge on any atom is -0.493 e. The SMILES string of the molecule is COC(=O)c1ccc2c(c1C)N[C@H](c1cc(Br)c(OCc3ccccc3Cl)c(OC)c1)[C@@H]1CC=C[C@@H]21. The number of anilines is 1. The number of fused-ring (bicyclic) bond motifs is 3. The first kappa shape index (κ1) is 24.7. The minimum absolute atomic E-state index is 0.0203. The summed E-state index contributed by atoms with van der Waals surface area (Å²) in [7, 11) is 3.05. The van der Waals surface area contributed by atoms with E-state index >= 15 is 0 Å². The van der Waals surface area contributed by atoms with E-state index in [4.69, 9.17) is 25.8 Å². The van der Waals surface area contributed by atoms with Crippen molar-refractivity contribution >= 4 is 39.2 Å². The van der Waals surface area contributed by atoms with Crippen molar-refractivity contribution < 1.29 is 19.0 Å². The first-order valence-corrected chi connectivity index (χ1v) is 13.0. The number of allylic oxidation sites excluding steroid dienone is 2. The zero-order chi connectivity index (χ0) is 25.4. The molecule has 5 nitrogen and oxygen atoms in total.